The van der Waals surface area contributed by atoms with Gasteiger partial charge in [-0.3, -0.25) is 19.3 Å². The summed E-state index contributed by atoms with van der Waals surface area (Å²) in [7, 11) is 1.63. The van der Waals surface area contributed by atoms with Gasteiger partial charge in [-0.05, 0) is 58.7 Å². The van der Waals surface area contributed by atoms with E-state index in [0.717, 1.165) is 28.1 Å². The fraction of sp³-hybridized carbons (Fsp3) is 0.324. The third kappa shape index (κ3) is 5.75. The number of ether oxygens (including phenoxy) is 1. The van der Waals surface area contributed by atoms with Crippen molar-refractivity contribution in [3.63, 3.8) is 0 Å². The highest BCUT2D eigenvalue weighted by molar-refractivity contribution is 6.06. The lowest BCUT2D eigenvalue weighted by Crippen LogP contribution is -2.38. The first-order valence-corrected chi connectivity index (χ1v) is 14.0. The first kappa shape index (κ1) is 28.1. The minimum Gasteiger partial charge on any atom is -0.497 e. The van der Waals surface area contributed by atoms with Gasteiger partial charge < -0.3 is 15.2 Å². The number of carboxylic acids is 1. The SMILES string of the molecule is COc1ccc([C@@H]2CC(=O)C3=C(C2)Nc2ccccc2N(C(=O)CCC(=O)O)[C@@H]3c2ccc(C(C)(C)C)cc2)cc1. The van der Waals surface area contributed by atoms with Gasteiger partial charge in [-0.25, -0.2) is 0 Å². The van der Waals surface area contributed by atoms with Gasteiger partial charge in [-0.2, -0.15) is 0 Å². The summed E-state index contributed by atoms with van der Waals surface area (Å²) < 4.78 is 5.32. The molecule has 0 saturated carbocycles. The second kappa shape index (κ2) is 11.2. The fourth-order valence-electron chi connectivity index (χ4n) is 5.79. The topological polar surface area (TPSA) is 95.9 Å². The number of rotatable bonds is 6. The lowest BCUT2D eigenvalue weighted by Gasteiger charge is -2.35. The number of Topliss-reactive ketones (excluding diaryl/α,β-unsaturated/α-hetero) is 1. The number of benzene rings is 3. The third-order valence-corrected chi connectivity index (χ3v) is 7.99. The summed E-state index contributed by atoms with van der Waals surface area (Å²) in [4.78, 5) is 41.0. The summed E-state index contributed by atoms with van der Waals surface area (Å²) in [5.74, 6) is -0.697. The summed E-state index contributed by atoms with van der Waals surface area (Å²) in [6, 6.07) is 22.7. The summed E-state index contributed by atoms with van der Waals surface area (Å²) in [6.45, 7) is 6.42. The molecule has 0 aromatic heterocycles. The maximum Gasteiger partial charge on any atom is 0.303 e. The van der Waals surface area contributed by atoms with Gasteiger partial charge in [0, 0.05) is 24.1 Å². The Bertz CT molecular complexity index is 1500. The van der Waals surface area contributed by atoms with Gasteiger partial charge in [0.15, 0.2) is 5.78 Å². The zero-order valence-electron chi connectivity index (χ0n) is 23.9. The van der Waals surface area contributed by atoms with Gasteiger partial charge in [0.1, 0.15) is 5.75 Å². The van der Waals surface area contributed by atoms with Crippen molar-refractivity contribution < 1.29 is 24.2 Å². The fourth-order valence-corrected chi connectivity index (χ4v) is 5.79. The van der Waals surface area contributed by atoms with Crippen LogP contribution in [0, 0.1) is 0 Å². The van der Waals surface area contributed by atoms with Gasteiger partial charge in [0.05, 0.1) is 30.9 Å². The lowest BCUT2D eigenvalue weighted by atomic mass is 9.77. The highest BCUT2D eigenvalue weighted by Crippen LogP contribution is 2.48. The van der Waals surface area contributed by atoms with Gasteiger partial charge >= 0.3 is 5.97 Å². The van der Waals surface area contributed by atoms with E-state index in [-0.39, 0.29) is 35.9 Å². The van der Waals surface area contributed by atoms with E-state index in [2.05, 4.69) is 26.1 Å². The van der Waals surface area contributed by atoms with Gasteiger partial charge in [-0.1, -0.05) is 69.3 Å². The Morgan fingerprint density at radius 1 is 0.927 bits per heavy atom. The number of para-hydroxylation sites is 2. The Morgan fingerprint density at radius 2 is 1.59 bits per heavy atom. The second-order valence-corrected chi connectivity index (χ2v) is 11.8. The molecular weight excluding hydrogens is 516 g/mol. The number of carbonyl (C=O) groups excluding carboxylic acids is 2. The first-order chi connectivity index (χ1) is 19.6. The predicted octanol–water partition coefficient (Wildman–Crippen LogP) is 6.76. The average Bonchev–Trinajstić information content (AvgIpc) is 3.10. The van der Waals surface area contributed by atoms with Gasteiger partial charge in [0.25, 0.3) is 0 Å². The molecule has 7 nitrogen and oxygen atoms in total. The molecule has 2 N–H and O–H groups in total. The van der Waals surface area contributed by atoms with Crippen LogP contribution in [0.3, 0.4) is 0 Å². The number of carboxylic acid groups (broad SMARTS) is 1. The number of nitrogens with one attached hydrogen (secondary N) is 1. The van der Waals surface area contributed by atoms with Crippen LogP contribution in [0.15, 0.2) is 84.1 Å². The van der Waals surface area contributed by atoms with Crippen molar-refractivity contribution >= 4 is 29.0 Å². The van der Waals surface area contributed by atoms with Crippen LogP contribution in [-0.4, -0.2) is 29.9 Å². The molecule has 1 aliphatic heterocycles. The lowest BCUT2D eigenvalue weighted by molar-refractivity contribution is -0.138. The first-order valence-electron chi connectivity index (χ1n) is 14.0. The molecule has 0 saturated heterocycles. The summed E-state index contributed by atoms with van der Waals surface area (Å²) >= 11 is 0. The Labute approximate surface area is 240 Å². The average molecular weight is 553 g/mol. The van der Waals surface area contributed by atoms with Crippen molar-refractivity contribution in [1.29, 1.82) is 0 Å². The van der Waals surface area contributed by atoms with Crippen molar-refractivity contribution in [3.8, 4) is 5.75 Å². The van der Waals surface area contributed by atoms with Crippen molar-refractivity contribution in [1.82, 2.24) is 0 Å². The Hall–Kier alpha value is -4.39. The number of anilines is 2. The van der Waals surface area contributed by atoms with Crippen LogP contribution in [0.25, 0.3) is 0 Å². The number of ketones is 1. The summed E-state index contributed by atoms with van der Waals surface area (Å²) in [6.07, 6.45) is 0.428. The molecule has 41 heavy (non-hydrogen) atoms. The van der Waals surface area contributed by atoms with E-state index < -0.39 is 12.0 Å². The Morgan fingerprint density at radius 3 is 2.22 bits per heavy atom. The van der Waals surface area contributed by atoms with Gasteiger partial charge in [-0.15, -0.1) is 0 Å². The monoisotopic (exact) mass is 552 g/mol. The van der Waals surface area contributed by atoms with E-state index in [9.17, 15) is 19.5 Å². The summed E-state index contributed by atoms with van der Waals surface area (Å²) in [5, 5.41) is 12.9. The molecule has 1 heterocycles. The number of hydrogen-bond acceptors (Lipinski definition) is 5. The van der Waals surface area contributed by atoms with Crippen LogP contribution in [0.2, 0.25) is 0 Å². The number of nitrogens with zero attached hydrogens (tertiary/aromatic N) is 1. The van der Waals surface area contributed by atoms with Crippen LogP contribution < -0.4 is 15.0 Å². The number of methoxy groups -OCH3 is 1. The molecule has 3 aromatic carbocycles. The van der Waals surface area contributed by atoms with E-state index in [1.54, 1.807) is 12.0 Å². The number of allylic oxidation sites excluding steroid dienone is 1. The number of amides is 1. The van der Waals surface area contributed by atoms with Crippen LogP contribution in [0.4, 0.5) is 11.4 Å². The van der Waals surface area contributed by atoms with Crippen LogP contribution in [0.1, 0.15) is 75.1 Å². The van der Waals surface area contributed by atoms with Gasteiger partial charge in [0.2, 0.25) is 5.91 Å². The molecule has 0 fully saturated rings. The molecule has 7 heteroatoms. The van der Waals surface area contributed by atoms with Crippen molar-refractivity contribution in [2.75, 3.05) is 17.3 Å². The molecule has 2 atom stereocenters. The molecule has 1 aliphatic carbocycles. The molecule has 212 valence electrons. The van der Waals surface area contributed by atoms with Crippen molar-refractivity contribution in [3.05, 3.63) is 101 Å². The second-order valence-electron chi connectivity index (χ2n) is 11.8. The molecule has 3 aromatic rings. The zero-order chi connectivity index (χ0) is 29.3. The van der Waals surface area contributed by atoms with Crippen LogP contribution in [0.5, 0.6) is 5.75 Å². The number of carbonyl (C=O) groups is 3. The standard InChI is InChI=1S/C34H36N2O5/c1-34(2,3)24-13-9-22(10-14-24)33-32-27(19-23(20-29(32)37)21-11-15-25(41-4)16-12-21)35-26-7-5-6-8-28(26)36(33)30(38)17-18-31(39)40/h5-16,23,33,35H,17-20H2,1-4H3,(H,39,40)/t23-,33+/m0/s1. The molecule has 1 amide bonds. The van der Waals surface area contributed by atoms with E-state index in [0.29, 0.717) is 29.8 Å². The minimum absolute atomic E-state index is 0.0340. The molecule has 0 bridgehead atoms. The highest BCUT2D eigenvalue weighted by Gasteiger charge is 2.41. The molecule has 0 spiro atoms. The molecular formula is C34H36N2O5. The molecule has 0 radical (unpaired) electrons. The number of fused-ring (bicyclic) bond motifs is 1. The highest BCUT2D eigenvalue weighted by atomic mass is 16.5. The predicted molar refractivity (Wildman–Crippen MR) is 159 cm³/mol. The third-order valence-electron chi connectivity index (χ3n) is 7.99. The van der Waals surface area contributed by atoms with E-state index in [1.807, 2.05) is 72.8 Å². The maximum absolute atomic E-state index is 14.1. The summed E-state index contributed by atoms with van der Waals surface area (Å²) in [5.41, 5.74) is 5.60. The molecule has 0 unspecified atom stereocenters. The molecule has 2 aliphatic rings. The Kier molecular flexibility index (Phi) is 7.72. The zero-order valence-corrected chi connectivity index (χ0v) is 23.9. The van der Waals surface area contributed by atoms with Crippen molar-refractivity contribution in [2.45, 2.75) is 63.8 Å². The number of aliphatic carboxylic acids is 1. The van der Waals surface area contributed by atoms with E-state index in [1.165, 1.54) is 0 Å². The minimum atomic E-state index is -1.04. The largest absolute Gasteiger partial charge is 0.497 e. The van der Waals surface area contributed by atoms with E-state index in [4.69, 9.17) is 4.74 Å². The molecule has 5 rings (SSSR count). The van der Waals surface area contributed by atoms with Crippen molar-refractivity contribution in [2.24, 2.45) is 0 Å². The maximum atomic E-state index is 14.1. The number of hydrogen-bond donors (Lipinski definition) is 2. The van der Waals surface area contributed by atoms with Crippen LogP contribution >= 0.6 is 0 Å². The van der Waals surface area contributed by atoms with Crippen LogP contribution in [-0.2, 0) is 19.8 Å². The Balaban J connectivity index is 1.66. The van der Waals surface area contributed by atoms with E-state index >= 15 is 0 Å². The normalized spacial score (nSPS) is 18.6. The smallest absolute Gasteiger partial charge is 0.303 e. The quantitative estimate of drug-likeness (QED) is 0.351.